The summed E-state index contributed by atoms with van der Waals surface area (Å²) in [4.78, 5) is 0. The zero-order chi connectivity index (χ0) is 8.97. The van der Waals surface area contributed by atoms with E-state index in [1.807, 2.05) is 0 Å². The Kier molecular flexibility index (Phi) is 5.39. The van der Waals surface area contributed by atoms with Crippen molar-refractivity contribution >= 4 is 44.4 Å². The Morgan fingerprint density at radius 2 is 1.92 bits per heavy atom. The molecule has 0 nitrogen and oxygen atoms in total. The van der Waals surface area contributed by atoms with Crippen LogP contribution >= 0.6 is 38.9 Å². The Bertz CT molecular complexity index is 130. The van der Waals surface area contributed by atoms with E-state index in [9.17, 15) is 0 Å². The fraction of sp³-hybridized carbons (Fsp3) is 1.00. The minimum absolute atomic E-state index is 0.158. The van der Waals surface area contributed by atoms with Crippen LogP contribution in [-0.4, -0.2) is 10.9 Å². The van der Waals surface area contributed by atoms with Crippen molar-refractivity contribution in [3.63, 3.8) is 0 Å². The molecule has 0 spiro atoms. The third kappa shape index (κ3) is 3.12. The molecular weight excluding hydrogens is 258 g/mol. The van der Waals surface area contributed by atoms with Gasteiger partial charge in [0.15, 0.2) is 0 Å². The second-order valence-corrected chi connectivity index (χ2v) is 5.48. The molecule has 0 aromatic rings. The van der Waals surface area contributed by atoms with E-state index in [1.165, 1.54) is 32.1 Å². The lowest BCUT2D eigenvalue weighted by atomic mass is 9.65. The van der Waals surface area contributed by atoms with Crippen LogP contribution in [0.2, 0.25) is 5.82 Å². The summed E-state index contributed by atoms with van der Waals surface area (Å²) in [5.41, 5.74) is -0.158. The molecule has 0 aromatic carbocycles. The molecule has 0 unspecified atom stereocenters. The smallest absolute Gasteiger partial charge is 0.171 e. The molecule has 0 heterocycles. The Hall–Kier alpha value is 1.12. The van der Waals surface area contributed by atoms with Crippen LogP contribution in [0.3, 0.4) is 0 Å². The van der Waals surface area contributed by atoms with Crippen LogP contribution in [0.4, 0.5) is 0 Å². The van der Waals surface area contributed by atoms with Gasteiger partial charge in [0.25, 0.3) is 0 Å². The molecule has 0 bridgehead atoms. The van der Waals surface area contributed by atoms with Crippen LogP contribution in [0.5, 0.6) is 0 Å². The van der Waals surface area contributed by atoms with Crippen LogP contribution in [0, 0.1) is 5.92 Å². The highest BCUT2D eigenvalue weighted by Crippen LogP contribution is 2.41. The molecule has 1 rings (SSSR count). The van der Waals surface area contributed by atoms with Gasteiger partial charge in [0, 0.05) is 5.33 Å². The van der Waals surface area contributed by atoms with E-state index in [0.29, 0.717) is 5.82 Å². The van der Waals surface area contributed by atoms with Crippen molar-refractivity contribution in [3.8, 4) is 0 Å². The molecule has 4 heteroatoms. The van der Waals surface area contributed by atoms with Gasteiger partial charge in [0.05, 0.1) is 0 Å². The van der Waals surface area contributed by atoms with E-state index in [0.717, 1.165) is 11.2 Å². The zero-order valence-electron chi connectivity index (χ0n) is 7.11. The van der Waals surface area contributed by atoms with E-state index in [4.69, 9.17) is 22.9 Å². The van der Waals surface area contributed by atoms with Crippen LogP contribution in [0.1, 0.15) is 32.1 Å². The highest BCUT2D eigenvalue weighted by Gasteiger charge is 2.31. The van der Waals surface area contributed by atoms with E-state index >= 15 is 0 Å². The normalized spacial score (nSPS) is 30.2. The Morgan fingerprint density at radius 1 is 1.25 bits per heavy atom. The number of hydrogen-bond acceptors (Lipinski definition) is 0. The fourth-order valence-electron chi connectivity index (χ4n) is 2.07. The van der Waals surface area contributed by atoms with Gasteiger partial charge >= 0.3 is 5.54 Å². The summed E-state index contributed by atoms with van der Waals surface area (Å²) >= 11 is 15.3. The van der Waals surface area contributed by atoms with E-state index in [2.05, 4.69) is 15.9 Å². The maximum Gasteiger partial charge on any atom is 0.355 e. The van der Waals surface area contributed by atoms with Gasteiger partial charge in [0.2, 0.25) is 0 Å². The predicted molar refractivity (Wildman–Crippen MR) is 61.6 cm³/mol. The van der Waals surface area contributed by atoms with Gasteiger partial charge in [0.1, 0.15) is 0 Å². The Balaban J connectivity index is 2.42. The lowest BCUT2D eigenvalue weighted by Crippen LogP contribution is -2.22. The van der Waals surface area contributed by atoms with Crippen molar-refractivity contribution < 1.29 is 0 Å². The van der Waals surface area contributed by atoms with Gasteiger partial charge < -0.3 is 0 Å². The number of hydrogen-bond donors (Lipinski definition) is 0. The monoisotopic (exact) mass is 270 g/mol. The van der Waals surface area contributed by atoms with Crippen molar-refractivity contribution in [2.75, 3.05) is 5.33 Å². The van der Waals surface area contributed by atoms with E-state index < -0.39 is 0 Å². The molecule has 0 amide bonds. The average Bonchev–Trinajstić information content (AvgIpc) is 2.05. The number of alkyl halides is 1. The fourth-order valence-corrected chi connectivity index (χ4v) is 3.32. The summed E-state index contributed by atoms with van der Waals surface area (Å²) in [6.45, 7) is 0. The van der Waals surface area contributed by atoms with Gasteiger partial charge in [-0.05, 0) is 18.2 Å². The molecule has 1 aliphatic carbocycles. The largest absolute Gasteiger partial charge is 0.355 e. The summed E-state index contributed by atoms with van der Waals surface area (Å²) in [5.74, 6) is 1.29. The quantitative estimate of drug-likeness (QED) is 0.530. The third-order valence-electron chi connectivity index (χ3n) is 2.77. The molecule has 0 aliphatic heterocycles. The van der Waals surface area contributed by atoms with Gasteiger partial charge in [-0.25, -0.2) is 0 Å². The molecule has 70 valence electrons. The minimum atomic E-state index is -0.158. The molecule has 1 fully saturated rings. The summed E-state index contributed by atoms with van der Waals surface area (Å²) < 4.78 is 0. The van der Waals surface area contributed by atoms with E-state index in [-0.39, 0.29) is 5.54 Å². The second kappa shape index (κ2) is 5.77. The molecule has 12 heavy (non-hydrogen) atoms. The zero-order valence-corrected chi connectivity index (χ0v) is 10.2. The summed E-state index contributed by atoms with van der Waals surface area (Å²) in [6, 6.07) is 0. The van der Waals surface area contributed by atoms with Gasteiger partial charge in [-0.15, -0.1) is 0 Å². The maximum atomic E-state index is 5.94. The molecule has 0 saturated heterocycles. The van der Waals surface area contributed by atoms with Crippen LogP contribution < -0.4 is 0 Å². The van der Waals surface area contributed by atoms with Crippen molar-refractivity contribution in [2.45, 2.75) is 37.9 Å². The van der Waals surface area contributed by atoms with E-state index in [1.54, 1.807) is 0 Å². The van der Waals surface area contributed by atoms with Crippen molar-refractivity contribution in [1.82, 2.24) is 0 Å². The first-order chi connectivity index (χ1) is 5.75. The SMILES string of the molecule is ClB(Cl)[C@H]1CCCC[C@@H]1CCBr. The standard InChI is InChI=1S/C8H14BBrCl2/c10-6-5-7-3-1-2-4-8(7)9(11)12/h7-8H,1-6H2/t7-,8+/m1/s1. The lowest BCUT2D eigenvalue weighted by Gasteiger charge is -2.30. The minimum Gasteiger partial charge on any atom is -0.171 e. The highest BCUT2D eigenvalue weighted by atomic mass is 79.9. The van der Waals surface area contributed by atoms with Crippen molar-refractivity contribution in [3.05, 3.63) is 0 Å². The Morgan fingerprint density at radius 3 is 2.50 bits per heavy atom. The topological polar surface area (TPSA) is 0 Å². The third-order valence-corrected chi connectivity index (χ3v) is 3.88. The van der Waals surface area contributed by atoms with Gasteiger partial charge in [-0.1, -0.05) is 41.6 Å². The first-order valence-electron chi connectivity index (χ1n) is 4.60. The first kappa shape index (κ1) is 11.2. The van der Waals surface area contributed by atoms with Crippen molar-refractivity contribution in [1.29, 1.82) is 0 Å². The maximum absolute atomic E-state index is 5.94. The lowest BCUT2D eigenvalue weighted by molar-refractivity contribution is 0.351. The molecule has 2 atom stereocenters. The number of rotatable bonds is 3. The molecule has 0 radical (unpaired) electrons. The number of halogens is 3. The average molecular weight is 272 g/mol. The molecule has 0 N–H and O–H groups in total. The summed E-state index contributed by atoms with van der Waals surface area (Å²) in [7, 11) is 0. The van der Waals surface area contributed by atoms with Gasteiger partial charge in [-0.2, -0.15) is 22.9 Å². The van der Waals surface area contributed by atoms with Crippen molar-refractivity contribution in [2.24, 2.45) is 5.92 Å². The van der Waals surface area contributed by atoms with Crippen LogP contribution in [0.25, 0.3) is 0 Å². The van der Waals surface area contributed by atoms with Crippen LogP contribution in [-0.2, 0) is 0 Å². The summed E-state index contributed by atoms with van der Waals surface area (Å²) in [6.07, 6.45) is 6.41. The van der Waals surface area contributed by atoms with Gasteiger partial charge in [-0.3, -0.25) is 0 Å². The second-order valence-electron chi connectivity index (χ2n) is 3.52. The molecule has 1 saturated carbocycles. The Labute approximate surface area is 93.4 Å². The first-order valence-corrected chi connectivity index (χ1v) is 6.59. The molecule has 0 aromatic heterocycles. The predicted octanol–water partition coefficient (Wildman–Crippen LogP) is 4.30. The summed E-state index contributed by atoms with van der Waals surface area (Å²) in [5, 5.41) is 1.08. The molecular formula is C8H14BBrCl2. The molecule has 1 aliphatic rings. The van der Waals surface area contributed by atoms with Crippen LogP contribution in [0.15, 0.2) is 0 Å². The highest BCUT2D eigenvalue weighted by molar-refractivity contribution is 9.09.